The maximum atomic E-state index is 6.14. The number of nitrogens with zero attached hydrogens (tertiary/aromatic N) is 1. The summed E-state index contributed by atoms with van der Waals surface area (Å²) in [5, 5.41) is 0. The highest BCUT2D eigenvalue weighted by Gasteiger charge is 2.24. The normalized spacial score (nSPS) is 19.8. The van der Waals surface area contributed by atoms with E-state index in [1.54, 1.807) is 7.11 Å². The summed E-state index contributed by atoms with van der Waals surface area (Å²) >= 11 is 0. The van der Waals surface area contributed by atoms with Crippen LogP contribution < -0.4 is 10.6 Å². The molecule has 18 heavy (non-hydrogen) atoms. The van der Waals surface area contributed by atoms with Gasteiger partial charge in [-0.3, -0.25) is 0 Å². The molecule has 1 heterocycles. The van der Waals surface area contributed by atoms with Gasteiger partial charge in [-0.05, 0) is 38.3 Å². The van der Waals surface area contributed by atoms with Gasteiger partial charge in [-0.2, -0.15) is 0 Å². The molecule has 3 heteroatoms. The predicted octanol–water partition coefficient (Wildman–Crippen LogP) is 2.19. The second-order valence-corrected chi connectivity index (χ2v) is 5.75. The molecule has 1 aliphatic rings. The molecule has 0 radical (unpaired) electrons. The molecule has 0 bridgehead atoms. The van der Waals surface area contributed by atoms with Gasteiger partial charge in [0.25, 0.3) is 0 Å². The molecular formula is C15H24N2O. The fourth-order valence-corrected chi connectivity index (χ4v) is 2.44. The maximum absolute atomic E-state index is 6.14. The number of fused-ring (bicyclic) bond motifs is 1. The van der Waals surface area contributed by atoms with E-state index in [9.17, 15) is 0 Å². The Bertz CT molecular complexity index is 403. The fraction of sp³-hybridized carbons (Fsp3) is 0.600. The molecule has 100 valence electrons. The van der Waals surface area contributed by atoms with Gasteiger partial charge >= 0.3 is 0 Å². The number of methoxy groups -OCH3 is 1. The molecular weight excluding hydrogens is 224 g/mol. The Hall–Kier alpha value is -1.06. The lowest BCUT2D eigenvalue weighted by atomic mass is 9.97. The van der Waals surface area contributed by atoms with Crippen molar-refractivity contribution in [2.24, 2.45) is 5.73 Å². The first-order valence-corrected chi connectivity index (χ1v) is 6.65. The van der Waals surface area contributed by atoms with Gasteiger partial charge in [-0.1, -0.05) is 18.2 Å². The van der Waals surface area contributed by atoms with Crippen molar-refractivity contribution in [2.45, 2.75) is 38.3 Å². The molecule has 3 nitrogen and oxygen atoms in total. The third kappa shape index (κ3) is 3.03. The van der Waals surface area contributed by atoms with Gasteiger partial charge in [0.1, 0.15) is 0 Å². The van der Waals surface area contributed by atoms with Gasteiger partial charge in [0.2, 0.25) is 0 Å². The highest BCUT2D eigenvalue weighted by molar-refractivity contribution is 5.56. The molecule has 0 amide bonds. The quantitative estimate of drug-likeness (QED) is 0.887. The van der Waals surface area contributed by atoms with Gasteiger partial charge < -0.3 is 15.4 Å². The molecule has 0 fully saturated rings. The van der Waals surface area contributed by atoms with Crippen LogP contribution in [0, 0.1) is 0 Å². The number of anilines is 1. The molecule has 0 aromatic heterocycles. The van der Waals surface area contributed by atoms with Crippen LogP contribution in [0.15, 0.2) is 24.3 Å². The summed E-state index contributed by atoms with van der Waals surface area (Å²) in [6, 6.07) is 8.81. The molecule has 2 N–H and O–H groups in total. The fourth-order valence-electron chi connectivity index (χ4n) is 2.44. The van der Waals surface area contributed by atoms with Gasteiger partial charge in [0, 0.05) is 31.9 Å². The average Bonchev–Trinajstić information content (AvgIpc) is 2.36. The topological polar surface area (TPSA) is 38.5 Å². The number of hydrogen-bond acceptors (Lipinski definition) is 3. The Balaban J connectivity index is 2.09. The van der Waals surface area contributed by atoms with Crippen LogP contribution in [0.1, 0.15) is 25.8 Å². The minimum absolute atomic E-state index is 0.0729. The largest absolute Gasteiger partial charge is 0.379 e. The lowest BCUT2D eigenvalue weighted by Crippen LogP contribution is -2.45. The van der Waals surface area contributed by atoms with E-state index in [-0.39, 0.29) is 11.6 Å². The van der Waals surface area contributed by atoms with E-state index in [4.69, 9.17) is 10.5 Å². The summed E-state index contributed by atoms with van der Waals surface area (Å²) in [5.41, 5.74) is 8.77. The molecule has 0 saturated carbocycles. The second-order valence-electron chi connectivity index (χ2n) is 5.75. The number of ether oxygens (including phenoxy) is 1. The molecule has 0 saturated heterocycles. The summed E-state index contributed by atoms with van der Waals surface area (Å²) in [7, 11) is 1.77. The zero-order chi connectivity index (χ0) is 13.2. The van der Waals surface area contributed by atoms with Crippen LogP contribution in [0.2, 0.25) is 0 Å². The van der Waals surface area contributed by atoms with Crippen molar-refractivity contribution in [2.75, 3.05) is 25.1 Å². The Morgan fingerprint density at radius 1 is 1.39 bits per heavy atom. The van der Waals surface area contributed by atoms with E-state index in [1.807, 2.05) is 0 Å². The SMILES string of the molecule is COC(C)(C)CCN1CC(N)Cc2ccccc21. The number of benzene rings is 1. The summed E-state index contributed by atoms with van der Waals surface area (Å²) in [6.07, 6.45) is 1.99. The molecule has 0 aliphatic carbocycles. The lowest BCUT2D eigenvalue weighted by molar-refractivity contribution is 0.0171. The second kappa shape index (κ2) is 5.29. The van der Waals surface area contributed by atoms with E-state index in [0.717, 1.165) is 25.9 Å². The highest BCUT2D eigenvalue weighted by Crippen LogP contribution is 2.27. The Morgan fingerprint density at radius 2 is 2.11 bits per heavy atom. The average molecular weight is 248 g/mol. The van der Waals surface area contributed by atoms with Crippen molar-refractivity contribution in [3.05, 3.63) is 29.8 Å². The zero-order valence-corrected chi connectivity index (χ0v) is 11.6. The molecule has 2 rings (SSSR count). The number of nitrogens with two attached hydrogens (primary N) is 1. The first-order chi connectivity index (χ1) is 8.52. The maximum Gasteiger partial charge on any atom is 0.0639 e. The summed E-state index contributed by atoms with van der Waals surface area (Å²) < 4.78 is 5.49. The number of para-hydroxylation sites is 1. The highest BCUT2D eigenvalue weighted by atomic mass is 16.5. The van der Waals surface area contributed by atoms with E-state index >= 15 is 0 Å². The molecule has 1 aliphatic heterocycles. The third-order valence-electron chi connectivity index (χ3n) is 3.81. The minimum atomic E-state index is -0.0729. The molecule has 1 atom stereocenters. The van der Waals surface area contributed by atoms with Crippen molar-refractivity contribution >= 4 is 5.69 Å². The lowest BCUT2D eigenvalue weighted by Gasteiger charge is -2.36. The Morgan fingerprint density at radius 3 is 2.83 bits per heavy atom. The minimum Gasteiger partial charge on any atom is -0.379 e. The first kappa shape index (κ1) is 13.4. The van der Waals surface area contributed by atoms with Crippen LogP contribution in [-0.2, 0) is 11.2 Å². The van der Waals surface area contributed by atoms with E-state index in [0.29, 0.717) is 0 Å². The van der Waals surface area contributed by atoms with Gasteiger partial charge in [-0.25, -0.2) is 0 Å². The molecule has 1 aromatic carbocycles. The Kier molecular flexibility index (Phi) is 3.93. The standard InChI is InChI=1S/C15H24N2O/c1-15(2,18-3)8-9-17-11-13(16)10-12-6-4-5-7-14(12)17/h4-7,13H,8-11,16H2,1-3H3. The van der Waals surface area contributed by atoms with Crippen molar-refractivity contribution < 1.29 is 4.74 Å². The van der Waals surface area contributed by atoms with Crippen LogP contribution in [-0.4, -0.2) is 31.8 Å². The van der Waals surface area contributed by atoms with Crippen LogP contribution >= 0.6 is 0 Å². The molecule has 1 aromatic rings. The summed E-state index contributed by atoms with van der Waals surface area (Å²) in [6.45, 7) is 6.19. The van der Waals surface area contributed by atoms with E-state index in [2.05, 4.69) is 43.0 Å². The van der Waals surface area contributed by atoms with Crippen LogP contribution in [0.4, 0.5) is 5.69 Å². The molecule has 0 spiro atoms. The monoisotopic (exact) mass is 248 g/mol. The first-order valence-electron chi connectivity index (χ1n) is 6.65. The smallest absolute Gasteiger partial charge is 0.0639 e. The van der Waals surface area contributed by atoms with Crippen molar-refractivity contribution in [3.8, 4) is 0 Å². The van der Waals surface area contributed by atoms with Crippen molar-refractivity contribution in [1.29, 1.82) is 0 Å². The van der Waals surface area contributed by atoms with Crippen molar-refractivity contribution in [1.82, 2.24) is 0 Å². The molecule has 1 unspecified atom stereocenters. The van der Waals surface area contributed by atoms with Gasteiger partial charge in [-0.15, -0.1) is 0 Å². The third-order valence-corrected chi connectivity index (χ3v) is 3.81. The number of rotatable bonds is 4. The predicted molar refractivity (Wildman–Crippen MR) is 76.0 cm³/mol. The summed E-state index contributed by atoms with van der Waals surface area (Å²) in [5.74, 6) is 0. The van der Waals surface area contributed by atoms with Crippen LogP contribution in [0.25, 0.3) is 0 Å². The van der Waals surface area contributed by atoms with Crippen LogP contribution in [0.3, 0.4) is 0 Å². The van der Waals surface area contributed by atoms with Gasteiger partial charge in [0.15, 0.2) is 0 Å². The van der Waals surface area contributed by atoms with E-state index < -0.39 is 0 Å². The van der Waals surface area contributed by atoms with E-state index in [1.165, 1.54) is 11.3 Å². The number of hydrogen-bond donors (Lipinski definition) is 1. The van der Waals surface area contributed by atoms with Crippen molar-refractivity contribution in [3.63, 3.8) is 0 Å². The van der Waals surface area contributed by atoms with Crippen LogP contribution in [0.5, 0.6) is 0 Å². The summed E-state index contributed by atoms with van der Waals surface area (Å²) in [4.78, 5) is 2.39. The zero-order valence-electron chi connectivity index (χ0n) is 11.6. The Labute approximate surface area is 110 Å². The van der Waals surface area contributed by atoms with Gasteiger partial charge in [0.05, 0.1) is 5.60 Å².